The largest absolute Gasteiger partial charge is 0.374 e. The second-order valence-electron chi connectivity index (χ2n) is 4.25. The smallest absolute Gasteiger partial charge is 0.251 e. The molecular weight excluding hydrogens is 258 g/mol. The first-order valence-electron chi connectivity index (χ1n) is 6.13. The topological polar surface area (TPSA) is 38.3 Å². The molecule has 0 spiro atoms. The van der Waals surface area contributed by atoms with E-state index in [0.717, 1.165) is 4.88 Å². The van der Waals surface area contributed by atoms with E-state index >= 15 is 0 Å². The van der Waals surface area contributed by atoms with Crippen LogP contribution in [0.2, 0.25) is 0 Å². The predicted molar refractivity (Wildman–Crippen MR) is 77.6 cm³/mol. The Hall–Kier alpha value is -1.65. The van der Waals surface area contributed by atoms with Gasteiger partial charge in [0.05, 0.1) is 0 Å². The van der Waals surface area contributed by atoms with Crippen molar-refractivity contribution in [2.24, 2.45) is 0 Å². The number of carbonyl (C=O) groups excluding carboxylic acids is 1. The Morgan fingerprint density at radius 1 is 1.26 bits per heavy atom. The Morgan fingerprint density at radius 3 is 2.58 bits per heavy atom. The molecule has 0 aliphatic heterocycles. The highest BCUT2D eigenvalue weighted by Gasteiger charge is 2.14. The summed E-state index contributed by atoms with van der Waals surface area (Å²) in [5, 5.41) is 2.90. The molecule has 0 aliphatic rings. The lowest BCUT2D eigenvalue weighted by atomic mass is 10.2. The third-order valence-electron chi connectivity index (χ3n) is 2.85. The molecule has 2 aromatic rings. The summed E-state index contributed by atoms with van der Waals surface area (Å²) in [6.45, 7) is 2.54. The van der Waals surface area contributed by atoms with Crippen molar-refractivity contribution in [3.8, 4) is 0 Å². The van der Waals surface area contributed by atoms with Crippen LogP contribution in [0.25, 0.3) is 0 Å². The van der Waals surface area contributed by atoms with Gasteiger partial charge in [-0.15, -0.1) is 11.3 Å². The molecule has 0 bridgehead atoms. The summed E-state index contributed by atoms with van der Waals surface area (Å²) >= 11 is 1.69. The van der Waals surface area contributed by atoms with Crippen LogP contribution in [0.15, 0.2) is 42.5 Å². The van der Waals surface area contributed by atoms with Crippen LogP contribution in [-0.2, 0) is 4.74 Å². The van der Waals surface area contributed by atoms with E-state index < -0.39 is 0 Å². The molecular formula is C15H17NO2S. The van der Waals surface area contributed by atoms with Crippen molar-refractivity contribution >= 4 is 17.2 Å². The van der Waals surface area contributed by atoms with Crippen LogP contribution in [0.4, 0.5) is 0 Å². The Kier molecular flexibility index (Phi) is 4.71. The highest BCUT2D eigenvalue weighted by Crippen LogP contribution is 2.24. The van der Waals surface area contributed by atoms with Crippen molar-refractivity contribution in [2.45, 2.75) is 13.0 Å². The summed E-state index contributed by atoms with van der Waals surface area (Å²) < 4.78 is 5.43. The number of carbonyl (C=O) groups is 1. The number of hydrogen-bond acceptors (Lipinski definition) is 3. The summed E-state index contributed by atoms with van der Waals surface area (Å²) in [5.41, 5.74) is 0.666. The molecule has 0 radical (unpaired) electrons. The van der Waals surface area contributed by atoms with Crippen LogP contribution in [0, 0.1) is 6.92 Å². The second-order valence-corrected chi connectivity index (χ2v) is 5.57. The van der Waals surface area contributed by atoms with E-state index in [4.69, 9.17) is 4.74 Å². The van der Waals surface area contributed by atoms with Crippen molar-refractivity contribution in [3.63, 3.8) is 0 Å². The van der Waals surface area contributed by atoms with E-state index in [1.807, 2.05) is 24.3 Å². The number of nitrogens with one attached hydrogen (secondary N) is 1. The zero-order chi connectivity index (χ0) is 13.7. The van der Waals surface area contributed by atoms with E-state index in [1.165, 1.54) is 4.88 Å². The van der Waals surface area contributed by atoms with Crippen molar-refractivity contribution < 1.29 is 9.53 Å². The predicted octanol–water partition coefficient (Wildman–Crippen LogP) is 3.17. The fourth-order valence-corrected chi connectivity index (χ4v) is 2.76. The Bertz CT molecular complexity index is 536. The highest BCUT2D eigenvalue weighted by atomic mass is 32.1. The van der Waals surface area contributed by atoms with Crippen LogP contribution >= 0.6 is 11.3 Å². The average molecular weight is 275 g/mol. The monoisotopic (exact) mass is 275 g/mol. The molecule has 19 heavy (non-hydrogen) atoms. The summed E-state index contributed by atoms with van der Waals surface area (Å²) in [5.74, 6) is -0.0732. The lowest BCUT2D eigenvalue weighted by molar-refractivity contribution is 0.0837. The first kappa shape index (κ1) is 13.8. The van der Waals surface area contributed by atoms with Crippen molar-refractivity contribution in [2.75, 3.05) is 13.7 Å². The number of methoxy groups -OCH3 is 1. The quantitative estimate of drug-likeness (QED) is 0.910. The van der Waals surface area contributed by atoms with Gasteiger partial charge < -0.3 is 10.1 Å². The molecule has 1 amide bonds. The van der Waals surface area contributed by atoms with Gasteiger partial charge in [0.1, 0.15) is 6.10 Å². The molecule has 1 N–H and O–H groups in total. The minimum atomic E-state index is -0.0913. The number of ether oxygens (including phenoxy) is 1. The average Bonchev–Trinajstić information content (AvgIpc) is 2.87. The van der Waals surface area contributed by atoms with Gasteiger partial charge in [0.15, 0.2) is 0 Å². The van der Waals surface area contributed by atoms with Gasteiger partial charge in [0, 0.05) is 29.0 Å². The minimum absolute atomic E-state index is 0.0732. The van der Waals surface area contributed by atoms with Gasteiger partial charge in [-0.05, 0) is 31.2 Å². The van der Waals surface area contributed by atoms with Crippen molar-refractivity contribution in [1.29, 1.82) is 0 Å². The molecule has 1 heterocycles. The third-order valence-corrected chi connectivity index (χ3v) is 3.94. The van der Waals surface area contributed by atoms with Crippen LogP contribution in [0.1, 0.15) is 26.2 Å². The molecule has 0 aliphatic carbocycles. The van der Waals surface area contributed by atoms with E-state index in [9.17, 15) is 4.79 Å². The van der Waals surface area contributed by atoms with Gasteiger partial charge >= 0.3 is 0 Å². The normalized spacial score (nSPS) is 12.1. The number of benzene rings is 1. The fraction of sp³-hybridized carbons (Fsp3) is 0.267. The van der Waals surface area contributed by atoms with E-state index in [-0.39, 0.29) is 12.0 Å². The lowest BCUT2D eigenvalue weighted by Crippen LogP contribution is -2.28. The molecule has 4 heteroatoms. The van der Waals surface area contributed by atoms with Gasteiger partial charge in [-0.25, -0.2) is 0 Å². The molecule has 3 nitrogen and oxygen atoms in total. The number of rotatable bonds is 5. The van der Waals surface area contributed by atoms with Gasteiger partial charge in [0.25, 0.3) is 5.91 Å². The third kappa shape index (κ3) is 3.66. The standard InChI is InChI=1S/C15H17NO2S/c1-11-8-9-14(19-11)13(18-2)10-16-15(17)12-6-4-3-5-7-12/h3-9,13H,10H2,1-2H3,(H,16,17)/t13-/m0/s1. The zero-order valence-electron chi connectivity index (χ0n) is 11.1. The minimum Gasteiger partial charge on any atom is -0.374 e. The van der Waals surface area contributed by atoms with Gasteiger partial charge in [-0.3, -0.25) is 4.79 Å². The Balaban J connectivity index is 1.95. The van der Waals surface area contributed by atoms with Crippen LogP contribution in [0.3, 0.4) is 0 Å². The molecule has 0 saturated heterocycles. The first-order chi connectivity index (χ1) is 9.20. The van der Waals surface area contributed by atoms with Gasteiger partial charge in [-0.1, -0.05) is 18.2 Å². The highest BCUT2D eigenvalue weighted by molar-refractivity contribution is 7.12. The molecule has 0 unspecified atom stereocenters. The van der Waals surface area contributed by atoms with Crippen molar-refractivity contribution in [1.82, 2.24) is 5.32 Å². The summed E-state index contributed by atoms with van der Waals surface area (Å²) in [6, 6.07) is 13.3. The lowest BCUT2D eigenvalue weighted by Gasteiger charge is -2.14. The van der Waals surface area contributed by atoms with E-state index in [1.54, 1.807) is 30.6 Å². The van der Waals surface area contributed by atoms with E-state index in [0.29, 0.717) is 12.1 Å². The summed E-state index contributed by atoms with van der Waals surface area (Å²) in [4.78, 5) is 14.3. The maximum atomic E-state index is 11.9. The SMILES string of the molecule is CO[C@@H](CNC(=O)c1ccccc1)c1ccc(C)s1. The number of aryl methyl sites for hydroxylation is 1. The second kappa shape index (κ2) is 6.50. The maximum absolute atomic E-state index is 11.9. The number of hydrogen-bond donors (Lipinski definition) is 1. The van der Waals surface area contributed by atoms with Gasteiger partial charge in [-0.2, -0.15) is 0 Å². The molecule has 2 rings (SSSR count). The Labute approximate surface area is 117 Å². The fourth-order valence-electron chi connectivity index (χ4n) is 1.80. The molecule has 1 aromatic heterocycles. The van der Waals surface area contributed by atoms with Crippen LogP contribution < -0.4 is 5.32 Å². The van der Waals surface area contributed by atoms with Crippen LogP contribution in [0.5, 0.6) is 0 Å². The maximum Gasteiger partial charge on any atom is 0.251 e. The number of amides is 1. The molecule has 0 fully saturated rings. The summed E-state index contributed by atoms with van der Waals surface area (Å²) in [6.07, 6.45) is -0.0913. The zero-order valence-corrected chi connectivity index (χ0v) is 11.9. The molecule has 0 saturated carbocycles. The van der Waals surface area contributed by atoms with Crippen LogP contribution in [-0.4, -0.2) is 19.6 Å². The molecule has 100 valence electrons. The summed E-state index contributed by atoms with van der Waals surface area (Å²) in [7, 11) is 1.66. The molecule has 1 aromatic carbocycles. The number of thiophene rings is 1. The first-order valence-corrected chi connectivity index (χ1v) is 6.94. The molecule has 1 atom stereocenters. The van der Waals surface area contributed by atoms with Crippen molar-refractivity contribution in [3.05, 3.63) is 57.8 Å². The van der Waals surface area contributed by atoms with Gasteiger partial charge in [0.2, 0.25) is 0 Å². The Morgan fingerprint density at radius 2 is 2.00 bits per heavy atom. The van der Waals surface area contributed by atoms with E-state index in [2.05, 4.69) is 18.3 Å².